The molecule has 2 amide bonds. The van der Waals surface area contributed by atoms with E-state index in [1.165, 1.54) is 19.3 Å². The van der Waals surface area contributed by atoms with E-state index in [1.54, 1.807) is 23.2 Å². The number of likely N-dealkylation sites (tertiary alicyclic amines) is 1. The maximum Gasteiger partial charge on any atom is 0.259 e. The Morgan fingerprint density at radius 1 is 0.971 bits per heavy atom. The summed E-state index contributed by atoms with van der Waals surface area (Å²) in [5, 5.41) is 3.11. The quantitative estimate of drug-likeness (QED) is 0.661. The molecule has 2 fully saturated rings. The summed E-state index contributed by atoms with van der Waals surface area (Å²) in [6, 6.07) is 5.84. The lowest BCUT2D eigenvalue weighted by Crippen LogP contribution is -2.46. The molecule has 2 aromatic rings. The molecule has 0 unspecified atom stereocenters. The highest BCUT2D eigenvalue weighted by molar-refractivity contribution is 5.99. The van der Waals surface area contributed by atoms with E-state index in [4.69, 9.17) is 0 Å². The van der Waals surface area contributed by atoms with Gasteiger partial charge in [0.25, 0.3) is 11.8 Å². The van der Waals surface area contributed by atoms with Crippen LogP contribution < -0.4 is 10.7 Å². The van der Waals surface area contributed by atoms with Crippen molar-refractivity contribution in [2.24, 2.45) is 0 Å². The van der Waals surface area contributed by atoms with Crippen LogP contribution in [0.5, 0.6) is 0 Å². The van der Waals surface area contributed by atoms with Gasteiger partial charge in [-0.2, -0.15) is 0 Å². The molecule has 0 aromatic carbocycles. The number of hydrogen-bond acceptors (Lipinski definition) is 4. The zero-order valence-corrected chi connectivity index (χ0v) is 20.9. The average molecular weight is 479 g/mol. The Morgan fingerprint density at radius 2 is 1.69 bits per heavy atom. The fraction of sp³-hybridized carbons (Fsp3) is 0.571. The molecule has 1 saturated heterocycles. The van der Waals surface area contributed by atoms with E-state index in [9.17, 15) is 14.4 Å². The lowest BCUT2D eigenvalue weighted by molar-refractivity contribution is 0.0605. The van der Waals surface area contributed by atoms with Gasteiger partial charge in [-0.15, -0.1) is 0 Å². The van der Waals surface area contributed by atoms with Gasteiger partial charge in [0, 0.05) is 37.2 Å². The van der Waals surface area contributed by atoms with Gasteiger partial charge in [-0.1, -0.05) is 45.1 Å². The Hall–Kier alpha value is -2.96. The Bertz CT molecular complexity index is 1060. The molecule has 1 N–H and O–H groups in total. The van der Waals surface area contributed by atoms with Gasteiger partial charge in [0.15, 0.2) is 0 Å². The van der Waals surface area contributed by atoms with Crippen molar-refractivity contribution in [3.8, 4) is 0 Å². The van der Waals surface area contributed by atoms with Crippen LogP contribution in [0, 0.1) is 0 Å². The summed E-state index contributed by atoms with van der Waals surface area (Å²) in [6.07, 6.45) is 16.4. The van der Waals surface area contributed by atoms with E-state index in [0.29, 0.717) is 13.1 Å². The van der Waals surface area contributed by atoms with Crippen LogP contribution in [0.1, 0.15) is 104 Å². The maximum absolute atomic E-state index is 13.6. The van der Waals surface area contributed by atoms with Crippen molar-refractivity contribution >= 4 is 11.8 Å². The molecule has 35 heavy (non-hydrogen) atoms. The normalized spacial score (nSPS) is 19.6. The van der Waals surface area contributed by atoms with Gasteiger partial charge < -0.3 is 14.8 Å². The van der Waals surface area contributed by atoms with Gasteiger partial charge in [0.2, 0.25) is 5.43 Å². The number of piperidine rings is 1. The Labute approximate surface area is 207 Å². The molecular weight excluding hydrogens is 440 g/mol. The lowest BCUT2D eigenvalue weighted by Gasteiger charge is -2.35. The van der Waals surface area contributed by atoms with Crippen LogP contribution >= 0.6 is 0 Å². The molecule has 7 heteroatoms. The zero-order valence-electron chi connectivity index (χ0n) is 20.9. The number of carbonyl (C=O) groups excluding carboxylic acids is 2. The van der Waals surface area contributed by atoms with Crippen molar-refractivity contribution in [3.63, 3.8) is 0 Å². The highest BCUT2D eigenvalue weighted by Gasteiger charge is 2.30. The number of carbonyl (C=O) groups is 2. The molecule has 2 aromatic heterocycles. The van der Waals surface area contributed by atoms with Crippen LogP contribution in [0.3, 0.4) is 0 Å². The summed E-state index contributed by atoms with van der Waals surface area (Å²) in [5.74, 6) is -0.646. The van der Waals surface area contributed by atoms with Crippen molar-refractivity contribution in [3.05, 3.63) is 63.8 Å². The van der Waals surface area contributed by atoms with E-state index in [1.807, 2.05) is 23.1 Å². The maximum atomic E-state index is 13.6. The monoisotopic (exact) mass is 478 g/mol. The highest BCUT2D eigenvalue weighted by atomic mass is 16.2. The predicted molar refractivity (Wildman–Crippen MR) is 137 cm³/mol. The summed E-state index contributed by atoms with van der Waals surface area (Å²) in [7, 11) is 0. The number of nitrogens with one attached hydrogen (secondary N) is 1. The topological polar surface area (TPSA) is 84.3 Å². The number of aromatic nitrogens is 2. The third kappa shape index (κ3) is 6.38. The standard InChI is InChI=1S/C28H38N4O3/c1-2-23-15-9-11-17-32(23)28(35)25-20-31(18-22-14-8-10-16-29-22)19-24(26(25)33)27(34)30-21-12-6-4-3-5-7-13-21/h8,10,14,16,19-21,23H,2-7,9,11-13,15,17-18H2,1H3,(H,30,34)/t23-/m0/s1. The molecule has 188 valence electrons. The van der Waals surface area contributed by atoms with Crippen LogP contribution in [0.25, 0.3) is 0 Å². The molecule has 1 aliphatic heterocycles. The van der Waals surface area contributed by atoms with Crippen molar-refractivity contribution < 1.29 is 9.59 Å². The molecule has 2 aliphatic rings. The summed E-state index contributed by atoms with van der Waals surface area (Å²) in [6.45, 7) is 3.10. The van der Waals surface area contributed by atoms with Crippen LogP contribution in [0.2, 0.25) is 0 Å². The van der Waals surface area contributed by atoms with Gasteiger partial charge in [-0.05, 0) is 50.7 Å². The number of amides is 2. The molecule has 0 bridgehead atoms. The van der Waals surface area contributed by atoms with Gasteiger partial charge in [-0.3, -0.25) is 19.4 Å². The zero-order chi connectivity index (χ0) is 24.6. The highest BCUT2D eigenvalue weighted by Crippen LogP contribution is 2.22. The van der Waals surface area contributed by atoms with Gasteiger partial charge in [0.05, 0.1) is 12.2 Å². The molecule has 3 heterocycles. The Balaban J connectivity index is 1.66. The lowest BCUT2D eigenvalue weighted by atomic mass is 9.96. The molecule has 1 aliphatic carbocycles. The van der Waals surface area contributed by atoms with Crippen molar-refractivity contribution in [2.45, 2.75) is 96.2 Å². The van der Waals surface area contributed by atoms with Gasteiger partial charge in [-0.25, -0.2) is 0 Å². The summed E-state index contributed by atoms with van der Waals surface area (Å²) in [4.78, 5) is 46.7. The SMILES string of the molecule is CC[C@H]1CCCCN1C(=O)c1cn(Cc2ccccn2)cc(C(=O)NC2CCCCCCC2)c1=O. The smallest absolute Gasteiger partial charge is 0.259 e. The van der Waals surface area contributed by atoms with Crippen molar-refractivity contribution in [2.75, 3.05) is 6.54 Å². The third-order valence-electron chi connectivity index (χ3n) is 7.42. The van der Waals surface area contributed by atoms with Crippen LogP contribution in [-0.2, 0) is 6.54 Å². The van der Waals surface area contributed by atoms with Crippen molar-refractivity contribution in [1.82, 2.24) is 19.8 Å². The molecule has 7 nitrogen and oxygen atoms in total. The summed E-state index contributed by atoms with van der Waals surface area (Å²) in [5.41, 5.74) is 0.437. The number of pyridine rings is 2. The van der Waals surface area contributed by atoms with Crippen LogP contribution in [-0.4, -0.2) is 44.9 Å². The van der Waals surface area contributed by atoms with Crippen LogP contribution in [0.15, 0.2) is 41.6 Å². The minimum absolute atomic E-state index is 0.0406. The summed E-state index contributed by atoms with van der Waals surface area (Å²) >= 11 is 0. The molecule has 0 radical (unpaired) electrons. The number of nitrogens with zero attached hydrogens (tertiary/aromatic N) is 3. The fourth-order valence-corrected chi connectivity index (χ4v) is 5.43. The first-order valence-corrected chi connectivity index (χ1v) is 13.3. The fourth-order valence-electron chi connectivity index (χ4n) is 5.43. The van der Waals surface area contributed by atoms with Crippen molar-refractivity contribution in [1.29, 1.82) is 0 Å². The van der Waals surface area contributed by atoms with Gasteiger partial charge >= 0.3 is 0 Å². The minimum Gasteiger partial charge on any atom is -0.349 e. The van der Waals surface area contributed by atoms with E-state index in [2.05, 4.69) is 17.2 Å². The largest absolute Gasteiger partial charge is 0.349 e. The minimum atomic E-state index is -0.476. The first-order valence-electron chi connectivity index (χ1n) is 13.3. The number of hydrogen-bond donors (Lipinski definition) is 1. The van der Waals surface area contributed by atoms with E-state index in [0.717, 1.165) is 57.1 Å². The van der Waals surface area contributed by atoms with E-state index in [-0.39, 0.29) is 35.0 Å². The van der Waals surface area contributed by atoms with E-state index < -0.39 is 5.43 Å². The predicted octanol–water partition coefficient (Wildman–Crippen LogP) is 4.54. The molecule has 4 rings (SSSR count). The second kappa shape index (κ2) is 12.1. The summed E-state index contributed by atoms with van der Waals surface area (Å²) < 4.78 is 1.76. The molecule has 1 atom stereocenters. The second-order valence-corrected chi connectivity index (χ2v) is 9.98. The number of rotatable bonds is 6. The van der Waals surface area contributed by atoms with Gasteiger partial charge in [0.1, 0.15) is 11.1 Å². The first-order chi connectivity index (χ1) is 17.1. The van der Waals surface area contributed by atoms with Crippen LogP contribution in [0.4, 0.5) is 0 Å². The molecule has 1 saturated carbocycles. The second-order valence-electron chi connectivity index (χ2n) is 9.98. The molecule has 0 spiro atoms. The third-order valence-corrected chi connectivity index (χ3v) is 7.42. The molecular formula is C28H38N4O3. The first kappa shape index (κ1) is 25.1. The Kier molecular flexibility index (Phi) is 8.72. The Morgan fingerprint density at radius 3 is 2.40 bits per heavy atom. The van der Waals surface area contributed by atoms with E-state index >= 15 is 0 Å². The average Bonchev–Trinajstić information content (AvgIpc) is 2.86.